The van der Waals surface area contributed by atoms with Crippen molar-refractivity contribution in [3.63, 3.8) is 0 Å². The number of hydrogen-bond acceptors (Lipinski definition) is 5. The third-order valence-electron chi connectivity index (χ3n) is 10.7. The Kier molecular flexibility index (Phi) is 7.42. The molecule has 4 aliphatic carbocycles. The molecule has 1 aromatic carbocycles. The van der Waals surface area contributed by atoms with Crippen LogP contribution in [0.4, 0.5) is 14.5 Å². The first-order valence-electron chi connectivity index (χ1n) is 14.8. The average Bonchev–Trinajstić information content (AvgIpc) is 3.39. The van der Waals surface area contributed by atoms with Crippen LogP contribution in [0, 0.1) is 23.7 Å². The minimum Gasteiger partial charge on any atom is -0.461 e. The molecule has 1 N–H and O–H groups in total. The van der Waals surface area contributed by atoms with Gasteiger partial charge >= 0.3 is 5.97 Å². The third-order valence-corrected chi connectivity index (χ3v) is 11.2. The maximum atomic E-state index is 15.4. The summed E-state index contributed by atoms with van der Waals surface area (Å²) in [5.41, 5.74) is -1.73. The van der Waals surface area contributed by atoms with E-state index >= 15 is 8.78 Å². The van der Waals surface area contributed by atoms with Crippen molar-refractivity contribution in [1.29, 1.82) is 0 Å². The summed E-state index contributed by atoms with van der Waals surface area (Å²) in [5, 5.41) is 3.02. The zero-order valence-electron chi connectivity index (χ0n) is 23.9. The summed E-state index contributed by atoms with van der Waals surface area (Å²) in [6.45, 7) is 4.29. The Morgan fingerprint density at radius 3 is 2.38 bits per heavy atom. The van der Waals surface area contributed by atoms with Gasteiger partial charge in [-0.2, -0.15) is 0 Å². The van der Waals surface area contributed by atoms with Crippen LogP contribution >= 0.6 is 23.2 Å². The van der Waals surface area contributed by atoms with Crippen LogP contribution in [-0.2, 0) is 24.7 Å². The summed E-state index contributed by atoms with van der Waals surface area (Å²) < 4.78 is 36.1. The number of anilines is 1. The molecule has 3 unspecified atom stereocenters. The number of nitrogens with one attached hydrogen (secondary N) is 1. The molecule has 2 amide bonds. The molecule has 1 aromatic rings. The molecule has 7 nitrogen and oxygen atoms in total. The van der Waals surface area contributed by atoms with E-state index in [0.29, 0.717) is 17.8 Å². The van der Waals surface area contributed by atoms with Crippen molar-refractivity contribution >= 4 is 46.7 Å². The van der Waals surface area contributed by atoms with E-state index in [1.54, 1.807) is 6.92 Å². The molecular weight excluding hydrogens is 587 g/mol. The summed E-state index contributed by atoms with van der Waals surface area (Å²) in [6, 6.07) is 1.88. The fourth-order valence-corrected chi connectivity index (χ4v) is 9.77. The first-order valence-corrected chi connectivity index (χ1v) is 15.5. The first-order chi connectivity index (χ1) is 19.8. The van der Waals surface area contributed by atoms with Gasteiger partial charge in [0.05, 0.1) is 29.6 Å². The van der Waals surface area contributed by atoms with Gasteiger partial charge in [0.25, 0.3) is 5.92 Å². The van der Waals surface area contributed by atoms with E-state index in [9.17, 15) is 14.4 Å². The minimum absolute atomic E-state index is 0.107. The van der Waals surface area contributed by atoms with Crippen LogP contribution < -0.4 is 5.32 Å². The summed E-state index contributed by atoms with van der Waals surface area (Å²) in [5.74, 6) is -3.93. The fraction of sp³-hybridized carbons (Fsp3) is 0.645. The Morgan fingerprint density at radius 1 is 1.17 bits per heavy atom. The standard InChI is InChI=1S/C31H37Cl2F2N3O4/c1-4-5-42-25(39)15-31(22-9-21(32)10-23(33)26(22)36-28(31)41)38-16-30(34,35)14-24(38)17(2)27(40)37(3)29-11-18-6-19(12-29)8-20(7-18)13-29/h4,9-10,17-20,24H,1,5-8,11-16H2,2-3H3,(H,36,41). The number of fused-ring (bicyclic) bond motifs is 1. The van der Waals surface area contributed by atoms with Crippen molar-refractivity contribution in [2.24, 2.45) is 23.7 Å². The van der Waals surface area contributed by atoms with Gasteiger partial charge < -0.3 is 15.0 Å². The van der Waals surface area contributed by atoms with Gasteiger partial charge in [-0.3, -0.25) is 19.3 Å². The van der Waals surface area contributed by atoms with Gasteiger partial charge in [0.1, 0.15) is 12.1 Å². The van der Waals surface area contributed by atoms with E-state index in [1.165, 1.54) is 42.4 Å². The van der Waals surface area contributed by atoms with Crippen LogP contribution in [0.5, 0.6) is 0 Å². The molecule has 2 aliphatic heterocycles. The van der Waals surface area contributed by atoms with E-state index in [1.807, 2.05) is 11.9 Å². The molecule has 0 aromatic heterocycles. The number of benzene rings is 1. The zero-order chi connectivity index (χ0) is 30.2. The van der Waals surface area contributed by atoms with E-state index in [-0.39, 0.29) is 39.3 Å². The topological polar surface area (TPSA) is 79.0 Å². The summed E-state index contributed by atoms with van der Waals surface area (Å²) in [4.78, 5) is 44.4. The molecule has 0 radical (unpaired) electrons. The highest BCUT2D eigenvalue weighted by atomic mass is 35.5. The number of likely N-dealkylation sites (tertiary alicyclic amines) is 1. The van der Waals surface area contributed by atoms with Crippen LogP contribution in [0.1, 0.15) is 63.9 Å². The van der Waals surface area contributed by atoms with Crippen molar-refractivity contribution in [1.82, 2.24) is 9.80 Å². The second-order valence-corrected chi connectivity index (χ2v) is 14.2. The van der Waals surface area contributed by atoms with Gasteiger partial charge in [-0.25, -0.2) is 8.78 Å². The van der Waals surface area contributed by atoms with Crippen molar-refractivity contribution in [2.45, 2.75) is 81.3 Å². The molecule has 42 heavy (non-hydrogen) atoms. The smallest absolute Gasteiger partial charge is 0.308 e. The summed E-state index contributed by atoms with van der Waals surface area (Å²) in [6.07, 6.45) is 6.67. The Labute approximate surface area is 254 Å². The van der Waals surface area contributed by atoms with Crippen molar-refractivity contribution < 1.29 is 27.9 Å². The monoisotopic (exact) mass is 623 g/mol. The van der Waals surface area contributed by atoms with Crippen molar-refractivity contribution in [2.75, 3.05) is 25.5 Å². The number of hydrogen-bond donors (Lipinski definition) is 1. The van der Waals surface area contributed by atoms with E-state index < -0.39 is 54.7 Å². The van der Waals surface area contributed by atoms with Crippen LogP contribution in [0.2, 0.25) is 10.0 Å². The van der Waals surface area contributed by atoms with Crippen LogP contribution in [0.15, 0.2) is 24.8 Å². The highest BCUT2D eigenvalue weighted by Crippen LogP contribution is 2.58. The molecule has 2 heterocycles. The number of rotatable bonds is 8. The van der Waals surface area contributed by atoms with Gasteiger partial charge in [-0.15, -0.1) is 0 Å². The number of esters is 1. The van der Waals surface area contributed by atoms with Gasteiger partial charge in [0, 0.05) is 35.6 Å². The zero-order valence-corrected chi connectivity index (χ0v) is 25.4. The molecule has 0 spiro atoms. The van der Waals surface area contributed by atoms with Crippen molar-refractivity contribution in [3.8, 4) is 0 Å². The molecule has 11 heteroatoms. The number of ether oxygens (including phenoxy) is 1. The average molecular weight is 625 g/mol. The lowest BCUT2D eigenvalue weighted by atomic mass is 9.52. The lowest BCUT2D eigenvalue weighted by Crippen LogP contribution is -2.62. The summed E-state index contributed by atoms with van der Waals surface area (Å²) in [7, 11) is 1.82. The molecule has 7 rings (SSSR count). The normalized spacial score (nSPS) is 35.0. The molecular formula is C31H37Cl2F2N3O4. The number of carbonyl (C=O) groups is 3. The Hall–Kier alpha value is -2.23. The van der Waals surface area contributed by atoms with Gasteiger partial charge in [0.15, 0.2) is 0 Å². The molecule has 3 atom stereocenters. The van der Waals surface area contributed by atoms with E-state index in [4.69, 9.17) is 27.9 Å². The van der Waals surface area contributed by atoms with E-state index in [0.717, 1.165) is 19.3 Å². The Morgan fingerprint density at radius 2 is 1.79 bits per heavy atom. The number of carbonyl (C=O) groups excluding carboxylic acids is 3. The predicted octanol–water partition coefficient (Wildman–Crippen LogP) is 6.03. The molecule has 4 bridgehead atoms. The van der Waals surface area contributed by atoms with Crippen LogP contribution in [0.25, 0.3) is 0 Å². The third kappa shape index (κ3) is 4.74. The number of amides is 2. The van der Waals surface area contributed by atoms with Crippen LogP contribution in [0.3, 0.4) is 0 Å². The lowest BCUT2D eigenvalue weighted by Gasteiger charge is -2.60. The molecule has 4 saturated carbocycles. The van der Waals surface area contributed by atoms with Gasteiger partial charge in [-0.1, -0.05) is 42.8 Å². The Balaban J connectivity index is 1.38. The molecule has 228 valence electrons. The SMILES string of the molecule is C=CCOC(=O)CC1(N2CC(F)(F)CC2C(C)C(=O)N(C)C23CC4CC(CC(C4)C2)C3)C(=O)Nc2c(Cl)cc(Cl)cc21. The second kappa shape index (κ2) is 10.4. The fourth-order valence-electron chi connectivity index (χ4n) is 9.23. The molecule has 6 aliphatic rings. The predicted molar refractivity (Wildman–Crippen MR) is 155 cm³/mol. The van der Waals surface area contributed by atoms with Gasteiger partial charge in [0.2, 0.25) is 11.8 Å². The maximum absolute atomic E-state index is 15.4. The number of nitrogens with zero attached hydrogens (tertiary/aromatic N) is 2. The quantitative estimate of drug-likeness (QED) is 0.282. The van der Waals surface area contributed by atoms with Gasteiger partial charge in [-0.05, 0) is 68.4 Å². The summed E-state index contributed by atoms with van der Waals surface area (Å²) >= 11 is 12.8. The lowest BCUT2D eigenvalue weighted by molar-refractivity contribution is -0.156. The first kappa shape index (κ1) is 29.8. The van der Waals surface area contributed by atoms with Crippen LogP contribution in [-0.4, -0.2) is 65.3 Å². The molecule has 5 fully saturated rings. The highest BCUT2D eigenvalue weighted by molar-refractivity contribution is 6.38. The maximum Gasteiger partial charge on any atom is 0.308 e. The van der Waals surface area contributed by atoms with E-state index in [2.05, 4.69) is 11.9 Å². The second-order valence-electron chi connectivity index (χ2n) is 13.4. The largest absolute Gasteiger partial charge is 0.461 e. The number of alkyl halides is 2. The number of halogens is 4. The highest BCUT2D eigenvalue weighted by Gasteiger charge is 2.63. The molecule has 1 saturated heterocycles. The van der Waals surface area contributed by atoms with Crippen molar-refractivity contribution in [3.05, 3.63) is 40.4 Å². The minimum atomic E-state index is -3.21. The Bertz CT molecular complexity index is 1300.